The van der Waals surface area contributed by atoms with Crippen molar-refractivity contribution in [3.8, 4) is 0 Å². The summed E-state index contributed by atoms with van der Waals surface area (Å²) < 4.78 is 27.4. The van der Waals surface area contributed by atoms with Gasteiger partial charge < -0.3 is 15.6 Å². The number of nitrogens with two attached hydrogens (primary N) is 1. The molecule has 6 heteroatoms. The molecule has 1 atom stereocenters. The molecule has 0 bridgehead atoms. The Balaban J connectivity index is 3.69. The normalized spacial score (nSPS) is 16.1. The van der Waals surface area contributed by atoms with Crippen molar-refractivity contribution >= 4 is 5.97 Å². The minimum Gasteiger partial charge on any atom is -0.480 e. The van der Waals surface area contributed by atoms with Gasteiger partial charge >= 0.3 is 5.97 Å². The maximum atomic E-state index is 11.5. The fourth-order valence-electron chi connectivity index (χ4n) is 0.422. The average Bonchev–Trinajstić information content (AvgIpc) is 1.85. The summed E-state index contributed by atoms with van der Waals surface area (Å²) in [7, 11) is 0. The molecule has 0 aliphatic rings. The van der Waals surface area contributed by atoms with E-state index >= 15 is 0 Å². The zero-order chi connectivity index (χ0) is 9.78. The third kappa shape index (κ3) is 4.20. The Bertz CT molecular complexity index is 161. The summed E-state index contributed by atoms with van der Waals surface area (Å²) in [5.41, 5.74) is 3.57. The Hall–Kier alpha value is -0.750. The molecule has 0 aromatic rings. The van der Waals surface area contributed by atoms with Gasteiger partial charge in [-0.25, -0.2) is 8.78 Å². The molecule has 3 N–H and O–H groups in total. The van der Waals surface area contributed by atoms with Crippen LogP contribution in [-0.2, 0) is 9.53 Å². The van der Waals surface area contributed by atoms with Gasteiger partial charge in [0.15, 0.2) is 0 Å². The molecule has 0 aromatic carbocycles. The lowest BCUT2D eigenvalue weighted by molar-refractivity contribution is -0.145. The first kappa shape index (κ1) is 11.2. The van der Waals surface area contributed by atoms with Crippen LogP contribution in [-0.4, -0.2) is 36.3 Å². The van der Waals surface area contributed by atoms with E-state index in [9.17, 15) is 13.6 Å². The minimum absolute atomic E-state index is 0.424. The maximum Gasteiger partial charge on any atom is 0.325 e. The van der Waals surface area contributed by atoms with Crippen LogP contribution in [0.5, 0.6) is 0 Å². The first-order chi connectivity index (χ1) is 5.36. The first-order valence-corrected chi connectivity index (χ1v) is 3.24. The molecule has 0 aliphatic carbocycles. The lowest BCUT2D eigenvalue weighted by Gasteiger charge is -2.18. The Kier molecular flexibility index (Phi) is 4.05. The van der Waals surface area contributed by atoms with Crippen molar-refractivity contribution in [1.82, 2.24) is 0 Å². The summed E-state index contributed by atoms with van der Waals surface area (Å²) in [6, 6.07) is 0. The van der Waals surface area contributed by atoms with Crippen molar-refractivity contribution in [2.24, 2.45) is 5.73 Å². The second-order valence-electron chi connectivity index (χ2n) is 2.63. The Morgan fingerprint density at radius 1 is 1.75 bits per heavy atom. The standard InChI is InChI=1S/C6H11F2NO3/c1-6(9,5(10)11)3-12-2-4(7)8/h4H,2-3,9H2,1H3,(H,10,11). The summed E-state index contributed by atoms with van der Waals surface area (Å²) in [6.07, 6.45) is -2.60. The highest BCUT2D eigenvalue weighted by Gasteiger charge is 2.28. The highest BCUT2D eigenvalue weighted by molar-refractivity contribution is 5.77. The van der Waals surface area contributed by atoms with Crippen molar-refractivity contribution in [3.63, 3.8) is 0 Å². The summed E-state index contributed by atoms with van der Waals surface area (Å²) in [4.78, 5) is 10.3. The third-order valence-electron chi connectivity index (χ3n) is 1.13. The van der Waals surface area contributed by atoms with Crippen LogP contribution < -0.4 is 5.73 Å². The number of carboxylic acid groups (broad SMARTS) is 1. The van der Waals surface area contributed by atoms with Gasteiger partial charge in [0.1, 0.15) is 12.1 Å². The predicted octanol–water partition coefficient (Wildman–Crippen LogP) is 0.0701. The number of halogens is 2. The average molecular weight is 183 g/mol. The van der Waals surface area contributed by atoms with Gasteiger partial charge in [0.05, 0.1) is 6.61 Å². The summed E-state index contributed by atoms with van der Waals surface area (Å²) in [5, 5.41) is 8.41. The maximum absolute atomic E-state index is 11.5. The van der Waals surface area contributed by atoms with Crippen LogP contribution in [0.15, 0.2) is 0 Å². The van der Waals surface area contributed by atoms with E-state index in [0.29, 0.717) is 0 Å². The summed E-state index contributed by atoms with van der Waals surface area (Å²) in [5.74, 6) is -1.28. The zero-order valence-corrected chi connectivity index (χ0v) is 6.59. The first-order valence-electron chi connectivity index (χ1n) is 3.24. The van der Waals surface area contributed by atoms with Gasteiger partial charge in [-0.1, -0.05) is 0 Å². The van der Waals surface area contributed by atoms with E-state index in [4.69, 9.17) is 10.8 Å². The summed E-state index contributed by atoms with van der Waals surface area (Å²) >= 11 is 0. The van der Waals surface area contributed by atoms with Crippen molar-refractivity contribution < 1.29 is 23.4 Å². The van der Waals surface area contributed by atoms with Crippen LogP contribution in [0, 0.1) is 0 Å². The van der Waals surface area contributed by atoms with Gasteiger partial charge in [0.2, 0.25) is 0 Å². The van der Waals surface area contributed by atoms with Crippen molar-refractivity contribution in [1.29, 1.82) is 0 Å². The van der Waals surface area contributed by atoms with Gasteiger partial charge in [0, 0.05) is 0 Å². The molecule has 0 amide bonds. The highest BCUT2D eigenvalue weighted by Crippen LogP contribution is 2.01. The van der Waals surface area contributed by atoms with E-state index in [1.54, 1.807) is 0 Å². The number of carbonyl (C=O) groups is 1. The molecule has 0 rings (SSSR count). The fourth-order valence-corrected chi connectivity index (χ4v) is 0.422. The number of rotatable bonds is 5. The highest BCUT2D eigenvalue weighted by atomic mass is 19.3. The molecule has 1 unspecified atom stereocenters. The minimum atomic E-state index is -2.60. The largest absolute Gasteiger partial charge is 0.480 e. The molecule has 0 saturated heterocycles. The quantitative estimate of drug-likeness (QED) is 0.632. The number of alkyl halides is 2. The van der Waals surface area contributed by atoms with E-state index in [2.05, 4.69) is 4.74 Å². The van der Waals surface area contributed by atoms with Crippen molar-refractivity contribution in [3.05, 3.63) is 0 Å². The molecular formula is C6H11F2NO3. The molecule has 0 aliphatic heterocycles. The van der Waals surface area contributed by atoms with E-state index in [1.165, 1.54) is 6.92 Å². The molecule has 12 heavy (non-hydrogen) atoms. The van der Waals surface area contributed by atoms with Crippen LogP contribution >= 0.6 is 0 Å². The van der Waals surface area contributed by atoms with Crippen LogP contribution in [0.1, 0.15) is 6.92 Å². The second-order valence-corrected chi connectivity index (χ2v) is 2.63. The molecular weight excluding hydrogens is 172 g/mol. The Labute approximate surface area is 68.3 Å². The lowest BCUT2D eigenvalue weighted by Crippen LogP contribution is -2.49. The van der Waals surface area contributed by atoms with Gasteiger partial charge in [0.25, 0.3) is 6.43 Å². The molecule has 0 spiro atoms. The monoisotopic (exact) mass is 183 g/mol. The third-order valence-corrected chi connectivity index (χ3v) is 1.13. The van der Waals surface area contributed by atoms with E-state index in [-0.39, 0.29) is 0 Å². The van der Waals surface area contributed by atoms with E-state index in [0.717, 1.165) is 0 Å². The van der Waals surface area contributed by atoms with Gasteiger partial charge in [-0.15, -0.1) is 0 Å². The predicted molar refractivity (Wildman–Crippen MR) is 37.1 cm³/mol. The molecule has 0 heterocycles. The molecule has 0 aromatic heterocycles. The van der Waals surface area contributed by atoms with E-state index in [1.807, 2.05) is 0 Å². The molecule has 4 nitrogen and oxygen atoms in total. The summed E-state index contributed by atoms with van der Waals surface area (Å²) in [6.45, 7) is -0.0203. The SMILES string of the molecule is CC(N)(COCC(F)F)C(=O)O. The number of ether oxygens (including phenoxy) is 1. The second kappa shape index (κ2) is 4.32. The van der Waals surface area contributed by atoms with Crippen LogP contribution in [0.3, 0.4) is 0 Å². The van der Waals surface area contributed by atoms with Crippen LogP contribution in [0.4, 0.5) is 8.78 Å². The molecule has 72 valence electrons. The van der Waals surface area contributed by atoms with Gasteiger partial charge in [-0.3, -0.25) is 4.79 Å². The van der Waals surface area contributed by atoms with E-state index < -0.39 is 31.1 Å². The number of hydrogen-bond donors (Lipinski definition) is 2. The van der Waals surface area contributed by atoms with Crippen molar-refractivity contribution in [2.75, 3.05) is 13.2 Å². The zero-order valence-electron chi connectivity index (χ0n) is 6.59. The van der Waals surface area contributed by atoms with Crippen LogP contribution in [0.2, 0.25) is 0 Å². The Morgan fingerprint density at radius 3 is 2.58 bits per heavy atom. The number of hydrogen-bond acceptors (Lipinski definition) is 3. The Morgan fingerprint density at radius 2 is 2.25 bits per heavy atom. The van der Waals surface area contributed by atoms with Crippen molar-refractivity contribution in [2.45, 2.75) is 18.9 Å². The molecule has 0 saturated carbocycles. The van der Waals surface area contributed by atoms with Gasteiger partial charge in [-0.05, 0) is 6.92 Å². The smallest absolute Gasteiger partial charge is 0.325 e. The molecule has 0 radical (unpaired) electrons. The number of aliphatic carboxylic acids is 1. The lowest BCUT2D eigenvalue weighted by atomic mass is 10.1. The van der Waals surface area contributed by atoms with Crippen LogP contribution in [0.25, 0.3) is 0 Å². The van der Waals surface area contributed by atoms with Gasteiger partial charge in [-0.2, -0.15) is 0 Å². The number of carboxylic acids is 1. The molecule has 0 fully saturated rings. The fraction of sp³-hybridized carbons (Fsp3) is 0.833. The topological polar surface area (TPSA) is 72.5 Å².